The van der Waals surface area contributed by atoms with E-state index in [9.17, 15) is 4.79 Å². The number of nitrogens with zero attached hydrogens (tertiary/aromatic N) is 1. The third kappa shape index (κ3) is 3.84. The fourth-order valence-corrected chi connectivity index (χ4v) is 2.59. The SMILES string of the molecule is C=CCN(C(=O)CCC1CCCCN1)C1CC1. The Balaban J connectivity index is 1.72. The standard InChI is InChI=1S/C14H24N2O/c1-2-11-16(13-7-8-13)14(17)9-6-12-5-3-4-10-15-12/h2,12-13,15H,1,3-11H2. The van der Waals surface area contributed by atoms with E-state index >= 15 is 0 Å². The van der Waals surface area contributed by atoms with E-state index in [-0.39, 0.29) is 0 Å². The Kier molecular flexibility index (Phi) is 4.60. The zero-order valence-corrected chi connectivity index (χ0v) is 10.7. The molecule has 0 aromatic carbocycles. The highest BCUT2D eigenvalue weighted by molar-refractivity contribution is 5.77. The van der Waals surface area contributed by atoms with E-state index in [1.807, 2.05) is 11.0 Å². The molecule has 1 atom stereocenters. The van der Waals surface area contributed by atoms with Crippen molar-refractivity contribution in [2.75, 3.05) is 13.1 Å². The Hall–Kier alpha value is -0.830. The second-order valence-electron chi connectivity index (χ2n) is 5.25. The van der Waals surface area contributed by atoms with Gasteiger partial charge in [-0.15, -0.1) is 6.58 Å². The lowest BCUT2D eigenvalue weighted by Gasteiger charge is -2.25. The molecular formula is C14H24N2O. The minimum Gasteiger partial charge on any atom is -0.336 e. The number of rotatable bonds is 6. The van der Waals surface area contributed by atoms with E-state index in [2.05, 4.69) is 11.9 Å². The van der Waals surface area contributed by atoms with Crippen LogP contribution in [0.25, 0.3) is 0 Å². The number of piperidine rings is 1. The van der Waals surface area contributed by atoms with Crippen LogP contribution in [0, 0.1) is 0 Å². The van der Waals surface area contributed by atoms with Crippen LogP contribution in [-0.4, -0.2) is 36.0 Å². The van der Waals surface area contributed by atoms with Gasteiger partial charge in [0.1, 0.15) is 0 Å². The van der Waals surface area contributed by atoms with E-state index in [0.29, 0.717) is 24.4 Å². The Bertz CT molecular complexity index is 267. The van der Waals surface area contributed by atoms with Crippen molar-refractivity contribution in [2.45, 2.75) is 57.0 Å². The van der Waals surface area contributed by atoms with Gasteiger partial charge in [0.2, 0.25) is 5.91 Å². The van der Waals surface area contributed by atoms with Crippen LogP contribution in [0.1, 0.15) is 44.9 Å². The lowest BCUT2D eigenvalue weighted by Crippen LogP contribution is -2.37. The number of hydrogen-bond donors (Lipinski definition) is 1. The van der Waals surface area contributed by atoms with Crippen LogP contribution in [-0.2, 0) is 4.79 Å². The second kappa shape index (κ2) is 6.20. The molecule has 1 saturated heterocycles. The summed E-state index contributed by atoms with van der Waals surface area (Å²) in [5.74, 6) is 0.319. The van der Waals surface area contributed by atoms with Gasteiger partial charge in [-0.25, -0.2) is 0 Å². The minimum atomic E-state index is 0.319. The second-order valence-corrected chi connectivity index (χ2v) is 5.25. The fourth-order valence-electron chi connectivity index (χ4n) is 2.59. The van der Waals surface area contributed by atoms with Crippen LogP contribution in [0.5, 0.6) is 0 Å². The summed E-state index contributed by atoms with van der Waals surface area (Å²) < 4.78 is 0. The molecule has 1 N–H and O–H groups in total. The van der Waals surface area contributed by atoms with E-state index in [1.54, 1.807) is 0 Å². The van der Waals surface area contributed by atoms with Crippen LogP contribution >= 0.6 is 0 Å². The summed E-state index contributed by atoms with van der Waals surface area (Å²) in [6.07, 6.45) is 9.73. The van der Waals surface area contributed by atoms with Crippen LogP contribution in [0.4, 0.5) is 0 Å². The van der Waals surface area contributed by atoms with E-state index in [1.165, 1.54) is 32.1 Å². The average molecular weight is 236 g/mol. The molecule has 3 heteroatoms. The maximum Gasteiger partial charge on any atom is 0.223 e. The molecule has 0 aromatic rings. The normalized spacial score (nSPS) is 24.4. The molecular weight excluding hydrogens is 212 g/mol. The molecule has 96 valence electrons. The Morgan fingerprint density at radius 3 is 2.76 bits per heavy atom. The van der Waals surface area contributed by atoms with E-state index < -0.39 is 0 Å². The molecule has 17 heavy (non-hydrogen) atoms. The number of amides is 1. The molecule has 1 aliphatic heterocycles. The number of carbonyl (C=O) groups is 1. The molecule has 1 amide bonds. The third-order valence-electron chi connectivity index (χ3n) is 3.75. The van der Waals surface area contributed by atoms with Crippen molar-refractivity contribution in [1.82, 2.24) is 10.2 Å². The maximum absolute atomic E-state index is 12.1. The molecule has 0 aromatic heterocycles. The molecule has 2 rings (SSSR count). The van der Waals surface area contributed by atoms with Gasteiger partial charge in [-0.2, -0.15) is 0 Å². The van der Waals surface area contributed by atoms with Crippen LogP contribution in [0.15, 0.2) is 12.7 Å². The first-order valence-corrected chi connectivity index (χ1v) is 6.95. The summed E-state index contributed by atoms with van der Waals surface area (Å²) in [5.41, 5.74) is 0. The molecule has 3 nitrogen and oxygen atoms in total. The molecule has 0 spiro atoms. The van der Waals surface area contributed by atoms with Gasteiger partial charge in [0.15, 0.2) is 0 Å². The largest absolute Gasteiger partial charge is 0.336 e. The minimum absolute atomic E-state index is 0.319. The lowest BCUT2D eigenvalue weighted by atomic mass is 10.0. The van der Waals surface area contributed by atoms with Crippen molar-refractivity contribution in [3.8, 4) is 0 Å². The first kappa shape index (κ1) is 12.6. The lowest BCUT2D eigenvalue weighted by molar-refractivity contribution is -0.131. The summed E-state index contributed by atoms with van der Waals surface area (Å²) in [5, 5.41) is 3.50. The molecule has 2 aliphatic rings. The van der Waals surface area contributed by atoms with E-state index in [4.69, 9.17) is 0 Å². The van der Waals surface area contributed by atoms with Crippen molar-refractivity contribution in [1.29, 1.82) is 0 Å². The molecule has 0 bridgehead atoms. The van der Waals surface area contributed by atoms with Gasteiger partial charge >= 0.3 is 0 Å². The zero-order chi connectivity index (χ0) is 12.1. The van der Waals surface area contributed by atoms with Crippen molar-refractivity contribution in [3.05, 3.63) is 12.7 Å². The number of nitrogens with one attached hydrogen (secondary N) is 1. The summed E-state index contributed by atoms with van der Waals surface area (Å²) in [7, 11) is 0. The van der Waals surface area contributed by atoms with Crippen LogP contribution in [0.3, 0.4) is 0 Å². The van der Waals surface area contributed by atoms with Gasteiger partial charge < -0.3 is 10.2 Å². The number of carbonyl (C=O) groups excluding carboxylic acids is 1. The molecule has 1 aliphatic carbocycles. The Labute approximate surface area is 104 Å². The predicted molar refractivity (Wildman–Crippen MR) is 69.8 cm³/mol. The van der Waals surface area contributed by atoms with Crippen molar-refractivity contribution >= 4 is 5.91 Å². The monoisotopic (exact) mass is 236 g/mol. The molecule has 0 radical (unpaired) electrons. The Morgan fingerprint density at radius 1 is 1.35 bits per heavy atom. The predicted octanol–water partition coefficient (Wildman–Crippen LogP) is 2.09. The Morgan fingerprint density at radius 2 is 2.18 bits per heavy atom. The maximum atomic E-state index is 12.1. The van der Waals surface area contributed by atoms with Crippen LogP contribution < -0.4 is 5.32 Å². The third-order valence-corrected chi connectivity index (χ3v) is 3.75. The molecule has 2 fully saturated rings. The smallest absolute Gasteiger partial charge is 0.223 e. The molecule has 1 unspecified atom stereocenters. The molecule has 1 saturated carbocycles. The fraction of sp³-hybridized carbons (Fsp3) is 0.786. The first-order valence-electron chi connectivity index (χ1n) is 6.95. The first-order chi connectivity index (χ1) is 8.31. The zero-order valence-electron chi connectivity index (χ0n) is 10.7. The van der Waals surface area contributed by atoms with Crippen molar-refractivity contribution in [2.24, 2.45) is 0 Å². The van der Waals surface area contributed by atoms with Gasteiger partial charge in [-0.3, -0.25) is 4.79 Å². The highest BCUT2D eigenvalue weighted by Gasteiger charge is 2.31. The highest BCUT2D eigenvalue weighted by Crippen LogP contribution is 2.27. The van der Waals surface area contributed by atoms with Gasteiger partial charge in [0, 0.05) is 25.0 Å². The topological polar surface area (TPSA) is 32.3 Å². The molecule has 1 heterocycles. The van der Waals surface area contributed by atoms with Gasteiger partial charge in [-0.05, 0) is 38.6 Å². The average Bonchev–Trinajstić information content (AvgIpc) is 3.18. The highest BCUT2D eigenvalue weighted by atomic mass is 16.2. The van der Waals surface area contributed by atoms with Crippen molar-refractivity contribution < 1.29 is 4.79 Å². The van der Waals surface area contributed by atoms with E-state index in [0.717, 1.165) is 19.5 Å². The number of hydrogen-bond acceptors (Lipinski definition) is 2. The summed E-state index contributed by atoms with van der Waals surface area (Å²) in [6.45, 7) is 5.58. The quantitative estimate of drug-likeness (QED) is 0.716. The van der Waals surface area contributed by atoms with Gasteiger partial charge in [0.25, 0.3) is 0 Å². The van der Waals surface area contributed by atoms with Crippen LogP contribution in [0.2, 0.25) is 0 Å². The summed E-state index contributed by atoms with van der Waals surface area (Å²) in [4.78, 5) is 14.1. The van der Waals surface area contributed by atoms with Gasteiger partial charge in [0.05, 0.1) is 0 Å². The summed E-state index contributed by atoms with van der Waals surface area (Å²) >= 11 is 0. The van der Waals surface area contributed by atoms with Crippen molar-refractivity contribution in [3.63, 3.8) is 0 Å². The summed E-state index contributed by atoms with van der Waals surface area (Å²) in [6, 6.07) is 1.08. The van der Waals surface area contributed by atoms with Gasteiger partial charge in [-0.1, -0.05) is 12.5 Å².